The minimum Gasteiger partial charge on any atom is -0.396 e. The number of nitrogens with two attached hydrogens (primary N) is 1. The van der Waals surface area contributed by atoms with Crippen LogP contribution in [0.4, 0.5) is 0 Å². The van der Waals surface area contributed by atoms with Crippen molar-refractivity contribution < 1.29 is 9.90 Å². The van der Waals surface area contributed by atoms with Crippen molar-refractivity contribution in [2.24, 2.45) is 11.7 Å². The molecule has 2 aliphatic rings. The molecule has 0 heterocycles. The van der Waals surface area contributed by atoms with Crippen LogP contribution in [0.15, 0.2) is 0 Å². The van der Waals surface area contributed by atoms with Crippen molar-refractivity contribution in [2.75, 3.05) is 6.61 Å². The maximum atomic E-state index is 11.7. The second kappa shape index (κ2) is 4.10. The Hall–Kier alpha value is -0.610. The van der Waals surface area contributed by atoms with Crippen LogP contribution in [-0.4, -0.2) is 29.2 Å². The summed E-state index contributed by atoms with van der Waals surface area (Å²) in [6.07, 6.45) is 5.89. The van der Waals surface area contributed by atoms with Gasteiger partial charge in [-0.15, -0.1) is 0 Å². The Labute approximate surface area is 90.2 Å². The predicted octanol–water partition coefficient (Wildman–Crippen LogP) is 0.145. The molecule has 2 aliphatic carbocycles. The van der Waals surface area contributed by atoms with Crippen molar-refractivity contribution in [1.29, 1.82) is 0 Å². The van der Waals surface area contributed by atoms with Gasteiger partial charge in [0, 0.05) is 18.6 Å². The molecule has 1 amide bonds. The fraction of sp³-hybridized carbons (Fsp3) is 0.909. The Balaban J connectivity index is 1.88. The Bertz CT molecular complexity index is 251. The summed E-state index contributed by atoms with van der Waals surface area (Å²) in [5, 5.41) is 12.2. The third kappa shape index (κ3) is 2.32. The highest BCUT2D eigenvalue weighted by atomic mass is 16.3. The van der Waals surface area contributed by atoms with E-state index in [9.17, 15) is 9.90 Å². The lowest BCUT2D eigenvalue weighted by Crippen LogP contribution is -2.50. The number of amides is 1. The van der Waals surface area contributed by atoms with Gasteiger partial charge < -0.3 is 16.2 Å². The van der Waals surface area contributed by atoms with Crippen molar-refractivity contribution in [2.45, 2.75) is 50.1 Å². The van der Waals surface area contributed by atoms with Gasteiger partial charge in [-0.25, -0.2) is 0 Å². The van der Waals surface area contributed by atoms with Crippen LogP contribution in [0.1, 0.15) is 38.5 Å². The molecule has 2 fully saturated rings. The average molecular weight is 212 g/mol. The standard InChI is InChI=1S/C11H20N2O2/c12-11(5-6-11)10(15)13-9-4-2-1-3-8(9)7-14/h8-9,14H,1-7,12H2,(H,13,15). The lowest BCUT2D eigenvalue weighted by Gasteiger charge is -2.31. The summed E-state index contributed by atoms with van der Waals surface area (Å²) in [5.74, 6) is 0.206. The third-order valence-corrected chi connectivity index (χ3v) is 3.70. The number of hydrogen-bond donors (Lipinski definition) is 3. The molecule has 0 saturated heterocycles. The first-order valence-corrected chi connectivity index (χ1v) is 5.86. The molecular formula is C11H20N2O2. The van der Waals surface area contributed by atoms with Gasteiger partial charge in [-0.3, -0.25) is 4.79 Å². The molecule has 15 heavy (non-hydrogen) atoms. The second-order valence-corrected chi connectivity index (χ2v) is 4.96. The van der Waals surface area contributed by atoms with E-state index in [1.807, 2.05) is 0 Å². The Morgan fingerprint density at radius 2 is 2.07 bits per heavy atom. The summed E-state index contributed by atoms with van der Waals surface area (Å²) in [6, 6.07) is 0.136. The van der Waals surface area contributed by atoms with E-state index >= 15 is 0 Å². The lowest BCUT2D eigenvalue weighted by atomic mass is 9.85. The highest BCUT2D eigenvalue weighted by Gasteiger charge is 2.46. The van der Waals surface area contributed by atoms with Gasteiger partial charge in [0.15, 0.2) is 0 Å². The highest BCUT2D eigenvalue weighted by Crippen LogP contribution is 2.33. The molecule has 0 aromatic heterocycles. The summed E-state index contributed by atoms with van der Waals surface area (Å²) in [4.78, 5) is 11.7. The van der Waals surface area contributed by atoms with E-state index < -0.39 is 5.54 Å². The number of aliphatic hydroxyl groups is 1. The van der Waals surface area contributed by atoms with Crippen LogP contribution in [0, 0.1) is 5.92 Å². The topological polar surface area (TPSA) is 75.4 Å². The smallest absolute Gasteiger partial charge is 0.240 e. The van der Waals surface area contributed by atoms with Crippen LogP contribution < -0.4 is 11.1 Å². The molecule has 0 aromatic carbocycles. The minimum atomic E-state index is -0.586. The molecule has 2 atom stereocenters. The van der Waals surface area contributed by atoms with Crippen molar-refractivity contribution in [3.05, 3.63) is 0 Å². The van der Waals surface area contributed by atoms with Crippen molar-refractivity contribution in [1.82, 2.24) is 5.32 Å². The summed E-state index contributed by atoms with van der Waals surface area (Å²) in [7, 11) is 0. The van der Waals surface area contributed by atoms with E-state index in [1.54, 1.807) is 0 Å². The zero-order valence-corrected chi connectivity index (χ0v) is 9.04. The van der Waals surface area contributed by atoms with Crippen LogP contribution in [0.2, 0.25) is 0 Å². The first kappa shape index (κ1) is 10.9. The molecule has 2 unspecified atom stereocenters. The number of carbonyl (C=O) groups excluding carboxylic acids is 1. The molecule has 0 radical (unpaired) electrons. The van der Waals surface area contributed by atoms with E-state index in [-0.39, 0.29) is 24.5 Å². The summed E-state index contributed by atoms with van der Waals surface area (Å²) < 4.78 is 0. The molecule has 0 aromatic rings. The normalized spacial score (nSPS) is 33.5. The van der Waals surface area contributed by atoms with Gasteiger partial charge in [-0.1, -0.05) is 12.8 Å². The molecule has 86 valence electrons. The Morgan fingerprint density at radius 1 is 1.40 bits per heavy atom. The van der Waals surface area contributed by atoms with Crippen LogP contribution >= 0.6 is 0 Å². The quantitative estimate of drug-likeness (QED) is 0.623. The molecule has 2 rings (SSSR count). The number of rotatable bonds is 3. The van der Waals surface area contributed by atoms with Gasteiger partial charge in [0.1, 0.15) is 0 Å². The van der Waals surface area contributed by atoms with Crippen LogP contribution in [0.25, 0.3) is 0 Å². The van der Waals surface area contributed by atoms with E-state index in [0.29, 0.717) is 0 Å². The number of hydrogen-bond acceptors (Lipinski definition) is 3. The third-order valence-electron chi connectivity index (χ3n) is 3.70. The maximum Gasteiger partial charge on any atom is 0.240 e. The lowest BCUT2D eigenvalue weighted by molar-refractivity contribution is -0.124. The van der Waals surface area contributed by atoms with Crippen molar-refractivity contribution >= 4 is 5.91 Å². The molecular weight excluding hydrogens is 192 g/mol. The van der Waals surface area contributed by atoms with E-state index in [2.05, 4.69) is 5.32 Å². The molecule has 0 aliphatic heterocycles. The fourth-order valence-corrected chi connectivity index (χ4v) is 2.29. The summed E-state index contributed by atoms with van der Waals surface area (Å²) in [5.41, 5.74) is 5.23. The Kier molecular flexibility index (Phi) is 2.98. The van der Waals surface area contributed by atoms with Crippen molar-refractivity contribution in [3.63, 3.8) is 0 Å². The van der Waals surface area contributed by atoms with Gasteiger partial charge in [0.05, 0.1) is 5.54 Å². The fourth-order valence-electron chi connectivity index (χ4n) is 2.29. The van der Waals surface area contributed by atoms with Gasteiger partial charge in [-0.05, 0) is 25.7 Å². The SMILES string of the molecule is NC1(C(=O)NC2CCCCC2CO)CC1. The first-order chi connectivity index (χ1) is 7.15. The van der Waals surface area contributed by atoms with Gasteiger partial charge >= 0.3 is 0 Å². The highest BCUT2D eigenvalue weighted by molar-refractivity contribution is 5.89. The zero-order valence-electron chi connectivity index (χ0n) is 9.04. The van der Waals surface area contributed by atoms with Gasteiger partial charge in [0.2, 0.25) is 5.91 Å². The van der Waals surface area contributed by atoms with Gasteiger partial charge in [0.25, 0.3) is 0 Å². The molecule has 4 N–H and O–H groups in total. The second-order valence-electron chi connectivity index (χ2n) is 4.96. The van der Waals surface area contributed by atoms with Gasteiger partial charge in [-0.2, -0.15) is 0 Å². The molecule has 0 spiro atoms. The van der Waals surface area contributed by atoms with E-state index in [1.165, 1.54) is 0 Å². The van der Waals surface area contributed by atoms with Crippen LogP contribution in [0.5, 0.6) is 0 Å². The molecule has 2 saturated carbocycles. The number of aliphatic hydroxyl groups excluding tert-OH is 1. The average Bonchev–Trinajstić information content (AvgIpc) is 2.99. The summed E-state index contributed by atoms with van der Waals surface area (Å²) >= 11 is 0. The van der Waals surface area contributed by atoms with Crippen LogP contribution in [0.3, 0.4) is 0 Å². The zero-order chi connectivity index (χ0) is 10.9. The van der Waals surface area contributed by atoms with Crippen molar-refractivity contribution in [3.8, 4) is 0 Å². The number of nitrogens with one attached hydrogen (secondary N) is 1. The molecule has 4 heteroatoms. The Morgan fingerprint density at radius 3 is 2.67 bits per heavy atom. The van der Waals surface area contributed by atoms with E-state index in [0.717, 1.165) is 38.5 Å². The van der Waals surface area contributed by atoms with E-state index in [4.69, 9.17) is 5.73 Å². The minimum absolute atomic E-state index is 0.0205. The largest absolute Gasteiger partial charge is 0.396 e. The predicted molar refractivity (Wildman–Crippen MR) is 57.1 cm³/mol. The first-order valence-electron chi connectivity index (χ1n) is 5.86. The monoisotopic (exact) mass is 212 g/mol. The molecule has 4 nitrogen and oxygen atoms in total. The maximum absolute atomic E-state index is 11.7. The summed E-state index contributed by atoms with van der Waals surface area (Å²) in [6.45, 7) is 0.169. The number of carbonyl (C=O) groups is 1. The van der Waals surface area contributed by atoms with Crippen LogP contribution in [-0.2, 0) is 4.79 Å². The molecule has 0 bridgehead atoms.